The van der Waals surface area contributed by atoms with E-state index < -0.39 is 10.0 Å². The third-order valence-electron chi connectivity index (χ3n) is 4.34. The van der Waals surface area contributed by atoms with E-state index in [2.05, 4.69) is 0 Å². The number of hydrogen-bond acceptors (Lipinski definition) is 5. The summed E-state index contributed by atoms with van der Waals surface area (Å²) in [6.45, 7) is 8.84. The number of rotatable bonds is 4. The van der Waals surface area contributed by atoms with Gasteiger partial charge in [-0.1, -0.05) is 6.92 Å². The van der Waals surface area contributed by atoms with Gasteiger partial charge in [0.1, 0.15) is 0 Å². The largest absolute Gasteiger partial charge is 0.340 e. The van der Waals surface area contributed by atoms with Gasteiger partial charge in [0.05, 0.1) is 10.8 Å². The Morgan fingerprint density at radius 2 is 1.78 bits per heavy atom. The Kier molecular flexibility index (Phi) is 5.50. The van der Waals surface area contributed by atoms with Crippen LogP contribution in [0, 0.1) is 19.8 Å². The molecule has 2 heterocycles. The molecule has 1 aliphatic rings. The fourth-order valence-corrected chi connectivity index (χ4v) is 5.61. The lowest BCUT2D eigenvalue weighted by atomic mass is 10.0. The minimum absolute atomic E-state index is 0.000365. The normalized spacial score (nSPS) is 19.6. The van der Waals surface area contributed by atoms with E-state index in [0.29, 0.717) is 31.1 Å². The number of sulfonamides is 1. The van der Waals surface area contributed by atoms with Gasteiger partial charge in [0.2, 0.25) is 15.9 Å². The summed E-state index contributed by atoms with van der Waals surface area (Å²) < 4.78 is 27.0. The third-order valence-corrected chi connectivity index (χ3v) is 7.46. The van der Waals surface area contributed by atoms with Crippen molar-refractivity contribution < 1.29 is 13.2 Å². The molecule has 1 saturated heterocycles. The highest BCUT2D eigenvalue weighted by Gasteiger charge is 2.33. The van der Waals surface area contributed by atoms with E-state index in [9.17, 15) is 13.2 Å². The van der Waals surface area contributed by atoms with E-state index in [1.807, 2.05) is 27.7 Å². The molecule has 0 aromatic carbocycles. The third kappa shape index (κ3) is 3.76. The smallest absolute Gasteiger partial charge is 0.244 e. The zero-order chi connectivity index (χ0) is 17.4. The van der Waals surface area contributed by atoms with Crippen LogP contribution in [0.25, 0.3) is 0 Å². The summed E-state index contributed by atoms with van der Waals surface area (Å²) in [4.78, 5) is 16.2. The molecule has 0 spiro atoms. The van der Waals surface area contributed by atoms with Crippen LogP contribution in [0.2, 0.25) is 0 Å². The molecule has 0 aliphatic carbocycles. The average molecular weight is 360 g/mol. The van der Waals surface area contributed by atoms with Crippen LogP contribution in [0.1, 0.15) is 23.6 Å². The molecule has 1 fully saturated rings. The second-order valence-electron chi connectivity index (χ2n) is 6.15. The van der Waals surface area contributed by atoms with Gasteiger partial charge in [-0.05, 0) is 26.8 Å². The predicted molar refractivity (Wildman–Crippen MR) is 91.9 cm³/mol. The number of piperazine rings is 1. The molecule has 1 aromatic heterocycles. The predicted octanol–water partition coefficient (Wildman–Crippen LogP) is 1.18. The van der Waals surface area contributed by atoms with E-state index >= 15 is 0 Å². The number of hydrogen-bond donors (Lipinski definition) is 1. The molecular formula is C15H25N3O3S2. The van der Waals surface area contributed by atoms with E-state index in [1.54, 1.807) is 11.0 Å². The summed E-state index contributed by atoms with van der Waals surface area (Å²) in [7, 11) is -3.48. The summed E-state index contributed by atoms with van der Waals surface area (Å²) in [5, 5.41) is 0. The second-order valence-corrected chi connectivity index (χ2v) is 9.52. The van der Waals surface area contributed by atoms with Crippen molar-refractivity contribution in [1.29, 1.82) is 0 Å². The van der Waals surface area contributed by atoms with Gasteiger partial charge < -0.3 is 10.6 Å². The fourth-order valence-electron chi connectivity index (χ4n) is 2.66. The standard InChI is InChI=1S/C15H25N3O3S2/c1-10-9-14(13(4)22-10)23(20,21)18-7-5-17(6-8-18)15(19)11(2)12(3)16/h9,11-12H,5-8,16H2,1-4H3. The van der Waals surface area contributed by atoms with E-state index in [4.69, 9.17) is 5.73 Å². The van der Waals surface area contributed by atoms with Crippen molar-refractivity contribution in [3.05, 3.63) is 15.8 Å². The maximum atomic E-state index is 12.7. The van der Waals surface area contributed by atoms with Crippen molar-refractivity contribution in [2.45, 2.75) is 38.6 Å². The Balaban J connectivity index is 2.07. The SMILES string of the molecule is Cc1cc(S(=O)(=O)N2CCN(C(=O)C(C)C(C)N)CC2)c(C)s1. The number of carbonyl (C=O) groups excluding carboxylic acids is 1. The lowest BCUT2D eigenvalue weighted by Gasteiger charge is -2.35. The topological polar surface area (TPSA) is 83.7 Å². The Labute approximate surface area is 142 Å². The first kappa shape index (κ1) is 18.4. The van der Waals surface area contributed by atoms with E-state index in [0.717, 1.165) is 9.75 Å². The van der Waals surface area contributed by atoms with Crippen molar-refractivity contribution in [2.75, 3.05) is 26.2 Å². The molecule has 1 amide bonds. The van der Waals surface area contributed by atoms with Crippen LogP contribution in [-0.4, -0.2) is 55.8 Å². The molecule has 1 aromatic rings. The van der Waals surface area contributed by atoms with E-state index in [-0.39, 0.29) is 17.9 Å². The molecule has 2 N–H and O–H groups in total. The highest BCUT2D eigenvalue weighted by atomic mass is 32.2. The number of thiophene rings is 1. The summed E-state index contributed by atoms with van der Waals surface area (Å²) in [6.07, 6.45) is 0. The zero-order valence-corrected chi connectivity index (χ0v) is 15.7. The highest BCUT2D eigenvalue weighted by molar-refractivity contribution is 7.89. The number of aryl methyl sites for hydroxylation is 2. The van der Waals surface area contributed by atoms with Crippen molar-refractivity contribution in [2.24, 2.45) is 11.7 Å². The molecule has 130 valence electrons. The second kappa shape index (κ2) is 6.88. The average Bonchev–Trinajstić information content (AvgIpc) is 2.85. The molecule has 2 unspecified atom stereocenters. The molecule has 2 rings (SSSR count). The molecule has 0 bridgehead atoms. The number of nitrogens with two attached hydrogens (primary N) is 1. The molecule has 6 nitrogen and oxygen atoms in total. The van der Waals surface area contributed by atoms with E-state index in [1.165, 1.54) is 15.6 Å². The van der Waals surface area contributed by atoms with Crippen LogP contribution in [0.3, 0.4) is 0 Å². The number of amides is 1. The highest BCUT2D eigenvalue weighted by Crippen LogP contribution is 2.28. The van der Waals surface area contributed by atoms with Gasteiger partial charge in [0.25, 0.3) is 0 Å². The van der Waals surface area contributed by atoms with Gasteiger partial charge in [-0.25, -0.2) is 8.42 Å². The minimum atomic E-state index is -3.48. The zero-order valence-electron chi connectivity index (χ0n) is 14.1. The summed E-state index contributed by atoms with van der Waals surface area (Å²) in [5.74, 6) is -0.250. The monoisotopic (exact) mass is 359 g/mol. The van der Waals surface area contributed by atoms with Crippen LogP contribution < -0.4 is 5.73 Å². The van der Waals surface area contributed by atoms with Gasteiger partial charge in [0.15, 0.2) is 0 Å². The van der Waals surface area contributed by atoms with Crippen LogP contribution in [0.5, 0.6) is 0 Å². The Morgan fingerprint density at radius 3 is 2.22 bits per heavy atom. The molecule has 0 saturated carbocycles. The minimum Gasteiger partial charge on any atom is -0.340 e. The maximum Gasteiger partial charge on any atom is 0.244 e. The molecule has 23 heavy (non-hydrogen) atoms. The van der Waals surface area contributed by atoms with Crippen LogP contribution in [0.15, 0.2) is 11.0 Å². The molecule has 1 aliphatic heterocycles. The van der Waals surface area contributed by atoms with Gasteiger partial charge in [-0.3, -0.25) is 4.79 Å². The number of nitrogens with zero attached hydrogens (tertiary/aromatic N) is 2. The first-order valence-corrected chi connectivity index (χ1v) is 10.0. The molecule has 2 atom stereocenters. The van der Waals surface area contributed by atoms with Crippen LogP contribution >= 0.6 is 11.3 Å². The Hall–Kier alpha value is -0.960. The van der Waals surface area contributed by atoms with Crippen molar-refractivity contribution in [1.82, 2.24) is 9.21 Å². The van der Waals surface area contributed by atoms with Crippen molar-refractivity contribution in [3.63, 3.8) is 0 Å². The summed E-state index contributed by atoms with van der Waals surface area (Å²) in [5.41, 5.74) is 5.78. The van der Waals surface area contributed by atoms with Crippen LogP contribution in [0.4, 0.5) is 0 Å². The van der Waals surface area contributed by atoms with Crippen LogP contribution in [-0.2, 0) is 14.8 Å². The van der Waals surface area contributed by atoms with Crippen molar-refractivity contribution >= 4 is 27.3 Å². The Morgan fingerprint density at radius 1 is 1.22 bits per heavy atom. The lowest BCUT2D eigenvalue weighted by molar-refractivity contribution is -0.136. The first-order chi connectivity index (χ1) is 10.6. The molecular weight excluding hydrogens is 334 g/mol. The van der Waals surface area contributed by atoms with Gasteiger partial charge >= 0.3 is 0 Å². The summed E-state index contributed by atoms with van der Waals surface area (Å²) in [6, 6.07) is 1.52. The van der Waals surface area contributed by atoms with Gasteiger partial charge in [-0.2, -0.15) is 4.31 Å². The lowest BCUT2D eigenvalue weighted by Crippen LogP contribution is -2.53. The molecule has 0 radical (unpaired) electrons. The van der Waals surface area contributed by atoms with Gasteiger partial charge in [0, 0.05) is 42.0 Å². The van der Waals surface area contributed by atoms with Gasteiger partial charge in [-0.15, -0.1) is 11.3 Å². The summed E-state index contributed by atoms with van der Waals surface area (Å²) >= 11 is 1.49. The number of carbonyl (C=O) groups is 1. The Bertz CT molecular complexity index is 674. The maximum absolute atomic E-state index is 12.7. The quantitative estimate of drug-likeness (QED) is 0.875. The first-order valence-electron chi connectivity index (χ1n) is 7.76. The van der Waals surface area contributed by atoms with Crippen molar-refractivity contribution in [3.8, 4) is 0 Å². The fraction of sp³-hybridized carbons (Fsp3) is 0.667. The molecule has 8 heteroatoms.